The second kappa shape index (κ2) is 11.2. The number of carbonyl (C=O) groups is 2. The van der Waals surface area contributed by atoms with Gasteiger partial charge in [0.2, 0.25) is 15.9 Å². The number of hydrogen-bond acceptors (Lipinski definition) is 6. The number of methoxy groups -OCH3 is 1. The first-order chi connectivity index (χ1) is 15.4. The maximum absolute atomic E-state index is 13.2. The molecule has 1 fully saturated rings. The van der Waals surface area contributed by atoms with E-state index in [4.69, 9.17) is 4.74 Å². The second-order valence-electron chi connectivity index (χ2n) is 7.61. The number of hydrogen-bond donors (Lipinski definition) is 1. The Morgan fingerprint density at radius 3 is 2.44 bits per heavy atom. The maximum Gasteiger partial charge on any atom is 0.339 e. The summed E-state index contributed by atoms with van der Waals surface area (Å²) in [7, 11) is -2.64. The first-order valence-corrected chi connectivity index (χ1v) is 12.1. The van der Waals surface area contributed by atoms with Crippen LogP contribution < -0.4 is 5.32 Å². The molecule has 0 aromatic heterocycles. The molecule has 1 aliphatic rings. The first kappa shape index (κ1) is 23.9. The van der Waals surface area contributed by atoms with E-state index in [2.05, 4.69) is 5.32 Å². The summed E-state index contributed by atoms with van der Waals surface area (Å²) in [5, 5.41) is 2.93. The van der Waals surface area contributed by atoms with Gasteiger partial charge in [-0.3, -0.25) is 9.69 Å². The van der Waals surface area contributed by atoms with Crippen LogP contribution in [0.3, 0.4) is 0 Å². The molecule has 0 saturated carbocycles. The number of carbonyl (C=O) groups excluding carboxylic acids is 2. The van der Waals surface area contributed by atoms with Gasteiger partial charge >= 0.3 is 5.97 Å². The molecule has 3 rings (SSSR count). The van der Waals surface area contributed by atoms with E-state index in [9.17, 15) is 18.0 Å². The van der Waals surface area contributed by atoms with Gasteiger partial charge in [0, 0.05) is 26.2 Å². The summed E-state index contributed by atoms with van der Waals surface area (Å²) in [5.74, 6) is -0.763. The summed E-state index contributed by atoms with van der Waals surface area (Å²) < 4.78 is 32.5. The highest BCUT2D eigenvalue weighted by molar-refractivity contribution is 7.89. The molecule has 1 heterocycles. The Morgan fingerprint density at radius 1 is 0.969 bits per heavy atom. The van der Waals surface area contributed by atoms with Crippen molar-refractivity contribution >= 4 is 21.9 Å². The van der Waals surface area contributed by atoms with E-state index >= 15 is 0 Å². The zero-order valence-electron chi connectivity index (χ0n) is 18.2. The molecule has 9 heteroatoms. The number of esters is 1. The Hall–Kier alpha value is -2.75. The van der Waals surface area contributed by atoms with Crippen LogP contribution in [0.5, 0.6) is 0 Å². The van der Waals surface area contributed by atoms with Gasteiger partial charge in [0.15, 0.2) is 0 Å². The van der Waals surface area contributed by atoms with Crippen LogP contribution in [0, 0.1) is 0 Å². The van der Waals surface area contributed by atoms with Crippen molar-refractivity contribution in [1.82, 2.24) is 14.5 Å². The van der Waals surface area contributed by atoms with Crippen LogP contribution in [0.4, 0.5) is 0 Å². The Labute approximate surface area is 189 Å². The van der Waals surface area contributed by atoms with Gasteiger partial charge in [-0.25, -0.2) is 13.2 Å². The highest BCUT2D eigenvalue weighted by Gasteiger charge is 2.30. The summed E-state index contributed by atoms with van der Waals surface area (Å²) in [6.45, 7) is 2.41. The highest BCUT2D eigenvalue weighted by atomic mass is 32.2. The van der Waals surface area contributed by atoms with Crippen LogP contribution in [0.1, 0.15) is 22.3 Å². The lowest BCUT2D eigenvalue weighted by atomic mass is 10.1. The molecule has 0 atom stereocenters. The topological polar surface area (TPSA) is 96.0 Å². The number of benzene rings is 2. The number of amides is 1. The molecule has 0 bridgehead atoms. The van der Waals surface area contributed by atoms with Crippen molar-refractivity contribution in [3.63, 3.8) is 0 Å². The molecule has 2 aromatic rings. The number of rotatable bonds is 8. The van der Waals surface area contributed by atoms with Gasteiger partial charge < -0.3 is 10.1 Å². The molecular formula is C23H29N3O5S. The third-order valence-electron chi connectivity index (χ3n) is 5.40. The van der Waals surface area contributed by atoms with Crippen molar-refractivity contribution in [2.45, 2.75) is 17.7 Å². The van der Waals surface area contributed by atoms with E-state index in [0.29, 0.717) is 32.6 Å². The lowest BCUT2D eigenvalue weighted by molar-refractivity contribution is -0.122. The van der Waals surface area contributed by atoms with Crippen LogP contribution in [0.15, 0.2) is 59.5 Å². The molecule has 0 aliphatic carbocycles. The fourth-order valence-corrected chi connectivity index (χ4v) is 5.35. The molecule has 1 N–H and O–H groups in total. The predicted octanol–water partition coefficient (Wildman–Crippen LogP) is 1.53. The maximum atomic E-state index is 13.2. The molecule has 0 unspecified atom stereocenters. The molecule has 1 saturated heterocycles. The van der Waals surface area contributed by atoms with Gasteiger partial charge in [0.25, 0.3) is 0 Å². The predicted molar refractivity (Wildman–Crippen MR) is 121 cm³/mol. The number of nitrogens with one attached hydrogen (secondary N) is 1. The minimum atomic E-state index is -3.86. The molecule has 2 aromatic carbocycles. The molecule has 32 heavy (non-hydrogen) atoms. The smallest absolute Gasteiger partial charge is 0.339 e. The fraction of sp³-hybridized carbons (Fsp3) is 0.391. The number of sulfonamides is 1. The normalized spacial score (nSPS) is 15.7. The zero-order chi connectivity index (χ0) is 23.0. The Bertz CT molecular complexity index is 1030. The average Bonchev–Trinajstić information content (AvgIpc) is 3.05. The van der Waals surface area contributed by atoms with E-state index in [1.165, 1.54) is 23.5 Å². The zero-order valence-corrected chi connectivity index (χ0v) is 19.0. The minimum Gasteiger partial charge on any atom is -0.465 e. The molecule has 0 spiro atoms. The third kappa shape index (κ3) is 6.15. The van der Waals surface area contributed by atoms with E-state index in [0.717, 1.165) is 12.0 Å². The molecule has 1 amide bonds. The Kier molecular flexibility index (Phi) is 8.38. The number of ether oxygens (including phenoxy) is 1. The van der Waals surface area contributed by atoms with Gasteiger partial charge in [-0.2, -0.15) is 4.31 Å². The molecule has 8 nitrogen and oxygen atoms in total. The largest absolute Gasteiger partial charge is 0.465 e. The van der Waals surface area contributed by atoms with E-state index < -0.39 is 16.0 Å². The average molecular weight is 460 g/mol. The SMILES string of the molecule is COC(=O)c1ccccc1S(=O)(=O)N1CCCN(CC(=O)NCCc2ccccc2)CC1. The molecule has 1 aliphatic heterocycles. The van der Waals surface area contributed by atoms with Crippen molar-refractivity contribution < 1.29 is 22.7 Å². The summed E-state index contributed by atoms with van der Waals surface area (Å²) in [4.78, 5) is 26.3. The third-order valence-corrected chi connectivity index (χ3v) is 7.36. The summed E-state index contributed by atoms with van der Waals surface area (Å²) >= 11 is 0. The van der Waals surface area contributed by atoms with Crippen molar-refractivity contribution in [2.75, 3.05) is 46.4 Å². The van der Waals surface area contributed by atoms with Crippen molar-refractivity contribution in [2.24, 2.45) is 0 Å². The quantitative estimate of drug-likeness (QED) is 0.602. The fourth-order valence-electron chi connectivity index (χ4n) is 3.70. The molecule has 0 radical (unpaired) electrons. The van der Waals surface area contributed by atoms with Crippen LogP contribution in [0.25, 0.3) is 0 Å². The van der Waals surface area contributed by atoms with Crippen LogP contribution in [0.2, 0.25) is 0 Å². The summed E-state index contributed by atoms with van der Waals surface area (Å²) in [5.41, 5.74) is 1.18. The van der Waals surface area contributed by atoms with Crippen molar-refractivity contribution in [1.29, 1.82) is 0 Å². The minimum absolute atomic E-state index is 0.0221. The monoisotopic (exact) mass is 459 g/mol. The Balaban J connectivity index is 1.55. The van der Waals surface area contributed by atoms with Gasteiger partial charge in [-0.15, -0.1) is 0 Å². The van der Waals surface area contributed by atoms with Gasteiger partial charge in [-0.1, -0.05) is 42.5 Å². The van der Waals surface area contributed by atoms with Gasteiger partial charge in [-0.05, 0) is 37.1 Å². The summed E-state index contributed by atoms with van der Waals surface area (Å²) in [6, 6.07) is 16.0. The van der Waals surface area contributed by atoms with E-state index in [1.807, 2.05) is 35.2 Å². The lowest BCUT2D eigenvalue weighted by Gasteiger charge is -2.22. The Morgan fingerprint density at radius 2 is 1.69 bits per heavy atom. The van der Waals surface area contributed by atoms with E-state index in [1.54, 1.807) is 12.1 Å². The van der Waals surface area contributed by atoms with Crippen molar-refractivity contribution in [3.8, 4) is 0 Å². The summed E-state index contributed by atoms with van der Waals surface area (Å²) in [6.07, 6.45) is 1.36. The standard InChI is InChI=1S/C23H29N3O5S/c1-31-23(28)20-10-5-6-11-21(20)32(29,30)26-15-7-14-25(16-17-26)18-22(27)24-13-12-19-8-3-2-4-9-19/h2-6,8-11H,7,12-18H2,1H3,(H,24,27). The van der Waals surface area contributed by atoms with E-state index in [-0.39, 0.29) is 29.5 Å². The lowest BCUT2D eigenvalue weighted by Crippen LogP contribution is -2.40. The van der Waals surface area contributed by atoms with Crippen LogP contribution in [-0.2, 0) is 26.0 Å². The molecular weight excluding hydrogens is 430 g/mol. The van der Waals surface area contributed by atoms with Crippen LogP contribution >= 0.6 is 0 Å². The van der Waals surface area contributed by atoms with Gasteiger partial charge in [0.05, 0.1) is 24.1 Å². The van der Waals surface area contributed by atoms with Crippen molar-refractivity contribution in [3.05, 3.63) is 65.7 Å². The second-order valence-corrected chi connectivity index (χ2v) is 9.51. The van der Waals surface area contributed by atoms with Gasteiger partial charge in [0.1, 0.15) is 0 Å². The first-order valence-electron chi connectivity index (χ1n) is 10.6. The molecule has 172 valence electrons. The highest BCUT2D eigenvalue weighted by Crippen LogP contribution is 2.22. The number of nitrogens with zero attached hydrogens (tertiary/aromatic N) is 2. The van der Waals surface area contributed by atoms with Crippen LogP contribution in [-0.4, -0.2) is 75.9 Å².